The summed E-state index contributed by atoms with van der Waals surface area (Å²) in [4.78, 5) is 3.49. The normalized spacial score (nSPS) is 11.7. The fourth-order valence-corrected chi connectivity index (χ4v) is 5.13. The van der Waals surface area contributed by atoms with Gasteiger partial charge in [-0.3, -0.25) is 0 Å². The van der Waals surface area contributed by atoms with Gasteiger partial charge in [-0.25, -0.2) is 0 Å². The summed E-state index contributed by atoms with van der Waals surface area (Å²) >= 11 is 6.14. The summed E-state index contributed by atoms with van der Waals surface area (Å²) in [6, 6.07) is 13.0. The summed E-state index contributed by atoms with van der Waals surface area (Å²) < 4.78 is 0. The van der Waals surface area contributed by atoms with E-state index in [1.54, 1.807) is 0 Å². The maximum absolute atomic E-state index is 6.14. The summed E-state index contributed by atoms with van der Waals surface area (Å²) in [6.07, 6.45) is 24.0. The minimum absolute atomic E-state index is 0.789. The highest BCUT2D eigenvalue weighted by atomic mass is 35.5. The molecule has 0 atom stereocenters. The summed E-state index contributed by atoms with van der Waals surface area (Å²) in [7, 11) is 0. The molecule has 0 bridgehead atoms. The van der Waals surface area contributed by atoms with E-state index in [2.05, 4.69) is 36.2 Å². The molecule has 176 valence electrons. The Balaban J connectivity index is 1.19. The molecule has 0 aliphatic rings. The summed E-state index contributed by atoms with van der Waals surface area (Å²) in [6.45, 7) is 2.30. The zero-order valence-corrected chi connectivity index (χ0v) is 21.1. The lowest BCUT2D eigenvalue weighted by molar-refractivity contribution is 0.529. The van der Waals surface area contributed by atoms with Crippen LogP contribution < -0.4 is 0 Å². The van der Waals surface area contributed by atoms with Crippen LogP contribution in [-0.2, 0) is 6.42 Å². The molecule has 2 heteroatoms. The number of benzene rings is 2. The lowest BCUT2D eigenvalue weighted by Crippen LogP contribution is -1.87. The largest absolute Gasteiger partial charge is 0.354 e. The molecular formula is C30H44ClN. The third kappa shape index (κ3) is 8.47. The Bertz CT molecular complexity index is 910. The average Bonchev–Trinajstić information content (AvgIpc) is 3.15. The van der Waals surface area contributed by atoms with Crippen molar-refractivity contribution in [3.05, 3.63) is 47.0 Å². The molecule has 0 fully saturated rings. The van der Waals surface area contributed by atoms with Crippen molar-refractivity contribution in [2.75, 3.05) is 0 Å². The standard InChI is InChI=1S/C30H44ClN/c1-2-3-4-5-6-7-8-9-10-11-12-13-14-15-16-17-18-25-19-22-29-28(23-25)27-21-20-26(31)24-30(27)32-29/h19-24,32H,2-18H2,1H3. The van der Waals surface area contributed by atoms with E-state index in [-0.39, 0.29) is 0 Å². The predicted octanol–water partition coefficient (Wildman–Crippen LogP) is 10.8. The Labute approximate surface area is 201 Å². The van der Waals surface area contributed by atoms with Crippen molar-refractivity contribution in [2.45, 2.75) is 116 Å². The molecular weight excluding hydrogens is 410 g/mol. The Kier molecular flexibility index (Phi) is 11.5. The predicted molar refractivity (Wildman–Crippen MR) is 144 cm³/mol. The number of nitrogens with one attached hydrogen (secondary N) is 1. The SMILES string of the molecule is CCCCCCCCCCCCCCCCCCc1ccc2[nH]c3cc(Cl)ccc3c2c1. The van der Waals surface area contributed by atoms with Crippen molar-refractivity contribution in [1.29, 1.82) is 0 Å². The maximum atomic E-state index is 6.14. The molecule has 1 N–H and O–H groups in total. The highest BCUT2D eigenvalue weighted by molar-refractivity contribution is 6.31. The van der Waals surface area contributed by atoms with E-state index in [9.17, 15) is 0 Å². The van der Waals surface area contributed by atoms with E-state index >= 15 is 0 Å². The number of unbranched alkanes of at least 4 members (excludes halogenated alkanes) is 15. The average molecular weight is 454 g/mol. The van der Waals surface area contributed by atoms with Crippen LogP contribution in [-0.4, -0.2) is 4.98 Å². The molecule has 3 rings (SSSR count). The fourth-order valence-electron chi connectivity index (χ4n) is 4.96. The van der Waals surface area contributed by atoms with E-state index in [4.69, 9.17) is 11.6 Å². The molecule has 0 saturated carbocycles. The Morgan fingerprint density at radius 1 is 0.562 bits per heavy atom. The van der Waals surface area contributed by atoms with Gasteiger partial charge in [0.25, 0.3) is 0 Å². The van der Waals surface area contributed by atoms with Crippen LogP contribution in [0.2, 0.25) is 5.02 Å². The smallest absolute Gasteiger partial charge is 0.0479 e. The van der Waals surface area contributed by atoms with Gasteiger partial charge in [0, 0.05) is 26.8 Å². The molecule has 1 nitrogen and oxygen atoms in total. The topological polar surface area (TPSA) is 15.8 Å². The second kappa shape index (κ2) is 14.6. The van der Waals surface area contributed by atoms with Gasteiger partial charge in [-0.15, -0.1) is 0 Å². The van der Waals surface area contributed by atoms with Crippen LogP contribution in [0.4, 0.5) is 0 Å². The van der Waals surface area contributed by atoms with Gasteiger partial charge in [0.2, 0.25) is 0 Å². The van der Waals surface area contributed by atoms with Crippen molar-refractivity contribution in [2.24, 2.45) is 0 Å². The van der Waals surface area contributed by atoms with Crippen LogP contribution in [0.5, 0.6) is 0 Å². The first-order valence-corrected chi connectivity index (χ1v) is 13.9. The fraction of sp³-hybridized carbons (Fsp3) is 0.600. The number of rotatable bonds is 17. The van der Waals surface area contributed by atoms with Gasteiger partial charge < -0.3 is 4.98 Å². The highest BCUT2D eigenvalue weighted by Gasteiger charge is 2.06. The maximum Gasteiger partial charge on any atom is 0.0479 e. The van der Waals surface area contributed by atoms with Crippen molar-refractivity contribution in [3.8, 4) is 0 Å². The molecule has 0 saturated heterocycles. The van der Waals surface area contributed by atoms with Crippen molar-refractivity contribution >= 4 is 33.4 Å². The molecule has 0 aliphatic carbocycles. The second-order valence-electron chi connectivity index (χ2n) is 9.75. The van der Waals surface area contributed by atoms with E-state index in [1.807, 2.05) is 12.1 Å². The molecule has 1 aromatic heterocycles. The van der Waals surface area contributed by atoms with Crippen LogP contribution in [0.1, 0.15) is 115 Å². The van der Waals surface area contributed by atoms with E-state index in [1.165, 1.54) is 131 Å². The van der Waals surface area contributed by atoms with Crippen LogP contribution in [0.3, 0.4) is 0 Å². The Morgan fingerprint density at radius 2 is 1.12 bits per heavy atom. The van der Waals surface area contributed by atoms with Crippen molar-refractivity contribution in [3.63, 3.8) is 0 Å². The Hall–Kier alpha value is -1.47. The lowest BCUT2D eigenvalue weighted by atomic mass is 10.0. The van der Waals surface area contributed by atoms with Crippen molar-refractivity contribution in [1.82, 2.24) is 4.98 Å². The first-order chi connectivity index (χ1) is 15.8. The number of hydrogen-bond donors (Lipinski definition) is 1. The van der Waals surface area contributed by atoms with Crippen LogP contribution in [0.15, 0.2) is 36.4 Å². The molecule has 3 aromatic rings. The zero-order chi connectivity index (χ0) is 22.4. The third-order valence-electron chi connectivity index (χ3n) is 6.94. The number of halogens is 1. The first kappa shape index (κ1) is 25.2. The van der Waals surface area contributed by atoms with Gasteiger partial charge in [0.1, 0.15) is 0 Å². The van der Waals surface area contributed by atoms with E-state index in [0.29, 0.717) is 0 Å². The van der Waals surface area contributed by atoms with Gasteiger partial charge in [-0.2, -0.15) is 0 Å². The number of aromatic nitrogens is 1. The second-order valence-corrected chi connectivity index (χ2v) is 10.2. The number of H-pyrrole nitrogens is 1. The molecule has 1 heterocycles. The van der Waals surface area contributed by atoms with Crippen molar-refractivity contribution < 1.29 is 0 Å². The van der Waals surface area contributed by atoms with Gasteiger partial charge in [-0.1, -0.05) is 127 Å². The van der Waals surface area contributed by atoms with Crippen LogP contribution >= 0.6 is 11.6 Å². The zero-order valence-electron chi connectivity index (χ0n) is 20.4. The van der Waals surface area contributed by atoms with Gasteiger partial charge in [0.05, 0.1) is 0 Å². The van der Waals surface area contributed by atoms with E-state index < -0.39 is 0 Å². The highest BCUT2D eigenvalue weighted by Crippen LogP contribution is 2.28. The molecule has 2 aromatic carbocycles. The monoisotopic (exact) mass is 453 g/mol. The van der Waals surface area contributed by atoms with Crippen LogP contribution in [0.25, 0.3) is 21.8 Å². The molecule has 0 radical (unpaired) electrons. The number of aryl methyl sites for hydroxylation is 1. The van der Waals surface area contributed by atoms with Gasteiger partial charge in [-0.05, 0) is 42.7 Å². The molecule has 0 unspecified atom stereocenters. The van der Waals surface area contributed by atoms with Crippen LogP contribution in [0, 0.1) is 0 Å². The summed E-state index contributed by atoms with van der Waals surface area (Å²) in [5.41, 5.74) is 3.80. The molecule has 0 amide bonds. The quantitative estimate of drug-likeness (QED) is 0.195. The minimum Gasteiger partial charge on any atom is -0.354 e. The number of aromatic amines is 1. The number of hydrogen-bond acceptors (Lipinski definition) is 0. The van der Waals surface area contributed by atoms with Gasteiger partial charge in [0.15, 0.2) is 0 Å². The van der Waals surface area contributed by atoms with E-state index in [0.717, 1.165) is 10.5 Å². The summed E-state index contributed by atoms with van der Waals surface area (Å²) in [5.74, 6) is 0. The third-order valence-corrected chi connectivity index (χ3v) is 7.18. The first-order valence-electron chi connectivity index (χ1n) is 13.5. The Morgan fingerprint density at radius 3 is 1.72 bits per heavy atom. The molecule has 0 spiro atoms. The molecule has 32 heavy (non-hydrogen) atoms. The van der Waals surface area contributed by atoms with Gasteiger partial charge >= 0.3 is 0 Å². The molecule has 0 aliphatic heterocycles. The minimum atomic E-state index is 0.789. The summed E-state index contributed by atoms with van der Waals surface area (Å²) in [5, 5.41) is 3.39. The number of fused-ring (bicyclic) bond motifs is 3. The lowest BCUT2D eigenvalue weighted by Gasteiger charge is -2.04.